The number of alkyl halides is 3. The normalized spacial score (nSPS) is 11.6. The second-order valence-corrected chi connectivity index (χ2v) is 4.61. The molecule has 0 saturated carbocycles. The predicted molar refractivity (Wildman–Crippen MR) is 58.9 cm³/mol. The van der Waals surface area contributed by atoms with E-state index in [0.717, 1.165) is 10.7 Å². The molecule has 0 radical (unpaired) electrons. The predicted octanol–water partition coefficient (Wildman–Crippen LogP) is 2.76. The highest BCUT2D eigenvalue weighted by molar-refractivity contribution is 7.09. The first-order chi connectivity index (χ1) is 7.11. The molecular formula is C9H13ClF2N2S. The van der Waals surface area contributed by atoms with Gasteiger partial charge in [0.1, 0.15) is 0 Å². The van der Waals surface area contributed by atoms with Gasteiger partial charge in [-0.1, -0.05) is 0 Å². The molecule has 0 spiro atoms. The molecule has 1 heterocycles. The summed E-state index contributed by atoms with van der Waals surface area (Å²) < 4.78 is 24.4. The van der Waals surface area contributed by atoms with Crippen molar-refractivity contribution in [2.24, 2.45) is 0 Å². The molecular weight excluding hydrogens is 242 g/mol. The van der Waals surface area contributed by atoms with Gasteiger partial charge in [-0.25, -0.2) is 13.8 Å². The minimum atomic E-state index is -2.33. The molecule has 0 aliphatic carbocycles. The van der Waals surface area contributed by atoms with E-state index < -0.39 is 6.43 Å². The summed E-state index contributed by atoms with van der Waals surface area (Å²) in [7, 11) is 0. The lowest BCUT2D eigenvalue weighted by Gasteiger charge is -2.19. The van der Waals surface area contributed by atoms with E-state index in [1.807, 2.05) is 12.3 Å². The minimum Gasteiger partial charge on any atom is -0.291 e. The van der Waals surface area contributed by atoms with Gasteiger partial charge in [0.2, 0.25) is 0 Å². The molecule has 15 heavy (non-hydrogen) atoms. The zero-order valence-corrected chi connectivity index (χ0v) is 9.99. The maximum Gasteiger partial charge on any atom is 0.251 e. The smallest absolute Gasteiger partial charge is 0.251 e. The highest BCUT2D eigenvalue weighted by atomic mass is 35.5. The molecule has 0 bridgehead atoms. The number of halogens is 3. The Kier molecular flexibility index (Phi) is 5.42. The molecule has 86 valence electrons. The second kappa shape index (κ2) is 6.35. The Hall–Kier alpha value is -0.260. The van der Waals surface area contributed by atoms with E-state index in [0.29, 0.717) is 19.0 Å². The van der Waals surface area contributed by atoms with Crippen LogP contribution in [0.1, 0.15) is 10.7 Å². The Morgan fingerprint density at radius 3 is 2.80 bits per heavy atom. The number of nitrogens with zero attached hydrogens (tertiary/aromatic N) is 2. The molecule has 0 N–H and O–H groups in total. The van der Waals surface area contributed by atoms with Crippen LogP contribution >= 0.6 is 22.9 Å². The van der Waals surface area contributed by atoms with Crippen molar-refractivity contribution in [1.29, 1.82) is 0 Å². The fraction of sp³-hybridized carbons (Fsp3) is 0.667. The van der Waals surface area contributed by atoms with Crippen LogP contribution in [0.2, 0.25) is 0 Å². The van der Waals surface area contributed by atoms with Gasteiger partial charge < -0.3 is 0 Å². The Morgan fingerprint density at radius 2 is 2.33 bits per heavy atom. The number of aryl methyl sites for hydroxylation is 1. The van der Waals surface area contributed by atoms with Crippen LogP contribution < -0.4 is 0 Å². The number of rotatable bonds is 6. The summed E-state index contributed by atoms with van der Waals surface area (Å²) >= 11 is 7.07. The third-order valence-corrected chi connectivity index (χ3v) is 2.84. The molecule has 1 aromatic rings. The molecule has 6 heteroatoms. The van der Waals surface area contributed by atoms with E-state index >= 15 is 0 Å². The van der Waals surface area contributed by atoms with Crippen LogP contribution in [0, 0.1) is 6.92 Å². The van der Waals surface area contributed by atoms with Gasteiger partial charge in [0.05, 0.1) is 17.2 Å². The molecule has 1 aromatic heterocycles. The van der Waals surface area contributed by atoms with Gasteiger partial charge in [-0.2, -0.15) is 0 Å². The van der Waals surface area contributed by atoms with Gasteiger partial charge in [0, 0.05) is 24.3 Å². The van der Waals surface area contributed by atoms with Crippen molar-refractivity contribution in [2.75, 3.05) is 19.0 Å². The van der Waals surface area contributed by atoms with Crippen molar-refractivity contribution in [3.8, 4) is 0 Å². The van der Waals surface area contributed by atoms with Gasteiger partial charge >= 0.3 is 0 Å². The molecule has 0 aliphatic heterocycles. The van der Waals surface area contributed by atoms with E-state index in [1.165, 1.54) is 11.3 Å². The lowest BCUT2D eigenvalue weighted by atomic mass is 10.4. The Bertz CT molecular complexity index is 293. The molecule has 0 aliphatic rings. The summed E-state index contributed by atoms with van der Waals surface area (Å²) in [5, 5.41) is 2.84. The number of aromatic nitrogens is 1. The molecule has 0 atom stereocenters. The van der Waals surface area contributed by atoms with Crippen LogP contribution in [-0.2, 0) is 6.54 Å². The van der Waals surface area contributed by atoms with E-state index in [2.05, 4.69) is 4.98 Å². The molecule has 0 aromatic carbocycles. The number of hydrogen-bond donors (Lipinski definition) is 0. The fourth-order valence-electron chi connectivity index (χ4n) is 1.26. The SMILES string of the molecule is Cc1nc(CN(CCCl)CC(F)F)cs1. The van der Waals surface area contributed by atoms with Gasteiger partial charge in [0.25, 0.3) is 6.43 Å². The average Bonchev–Trinajstić information content (AvgIpc) is 2.50. The third-order valence-electron chi connectivity index (χ3n) is 1.85. The van der Waals surface area contributed by atoms with Crippen molar-refractivity contribution >= 4 is 22.9 Å². The van der Waals surface area contributed by atoms with Crippen molar-refractivity contribution in [3.05, 3.63) is 16.1 Å². The highest BCUT2D eigenvalue weighted by Crippen LogP contribution is 2.11. The first kappa shape index (κ1) is 12.8. The van der Waals surface area contributed by atoms with Gasteiger partial charge in [-0.15, -0.1) is 22.9 Å². The first-order valence-corrected chi connectivity index (χ1v) is 6.00. The summed E-state index contributed by atoms with van der Waals surface area (Å²) in [6, 6.07) is 0. The summed E-state index contributed by atoms with van der Waals surface area (Å²) in [5.74, 6) is 0.357. The van der Waals surface area contributed by atoms with Crippen LogP contribution in [-0.4, -0.2) is 35.3 Å². The molecule has 0 amide bonds. The summed E-state index contributed by atoms with van der Waals surface area (Å²) in [6.07, 6.45) is -2.33. The maximum absolute atomic E-state index is 12.2. The van der Waals surface area contributed by atoms with Gasteiger partial charge in [-0.3, -0.25) is 4.90 Å². The molecule has 0 saturated heterocycles. The van der Waals surface area contributed by atoms with Gasteiger partial charge in [0.15, 0.2) is 0 Å². The minimum absolute atomic E-state index is 0.247. The highest BCUT2D eigenvalue weighted by Gasteiger charge is 2.13. The van der Waals surface area contributed by atoms with Crippen molar-refractivity contribution in [1.82, 2.24) is 9.88 Å². The topological polar surface area (TPSA) is 16.1 Å². The number of thiazole rings is 1. The van der Waals surface area contributed by atoms with E-state index in [-0.39, 0.29) is 6.54 Å². The Balaban J connectivity index is 2.50. The monoisotopic (exact) mass is 254 g/mol. The van der Waals surface area contributed by atoms with Crippen LogP contribution in [0.15, 0.2) is 5.38 Å². The zero-order chi connectivity index (χ0) is 11.3. The van der Waals surface area contributed by atoms with Crippen molar-refractivity contribution in [2.45, 2.75) is 19.9 Å². The zero-order valence-electron chi connectivity index (χ0n) is 8.42. The molecule has 0 unspecified atom stereocenters. The second-order valence-electron chi connectivity index (χ2n) is 3.17. The van der Waals surface area contributed by atoms with Crippen LogP contribution in [0.3, 0.4) is 0 Å². The lowest BCUT2D eigenvalue weighted by molar-refractivity contribution is 0.0873. The summed E-state index contributed by atoms with van der Waals surface area (Å²) in [4.78, 5) is 5.85. The van der Waals surface area contributed by atoms with E-state index in [9.17, 15) is 8.78 Å². The molecule has 2 nitrogen and oxygen atoms in total. The molecule has 1 rings (SSSR count). The largest absolute Gasteiger partial charge is 0.291 e. The van der Waals surface area contributed by atoms with E-state index in [4.69, 9.17) is 11.6 Å². The molecule has 0 fully saturated rings. The Morgan fingerprint density at radius 1 is 1.60 bits per heavy atom. The van der Waals surface area contributed by atoms with Gasteiger partial charge in [-0.05, 0) is 6.92 Å². The first-order valence-electron chi connectivity index (χ1n) is 4.59. The quantitative estimate of drug-likeness (QED) is 0.726. The number of hydrogen-bond acceptors (Lipinski definition) is 3. The average molecular weight is 255 g/mol. The Labute approximate surface area is 96.9 Å². The van der Waals surface area contributed by atoms with E-state index in [1.54, 1.807) is 4.90 Å². The van der Waals surface area contributed by atoms with Crippen LogP contribution in [0.25, 0.3) is 0 Å². The van der Waals surface area contributed by atoms with Crippen LogP contribution in [0.4, 0.5) is 8.78 Å². The summed E-state index contributed by atoms with van der Waals surface area (Å²) in [6.45, 7) is 2.56. The third kappa shape index (κ3) is 4.86. The maximum atomic E-state index is 12.2. The van der Waals surface area contributed by atoms with Crippen molar-refractivity contribution < 1.29 is 8.78 Å². The van der Waals surface area contributed by atoms with Crippen molar-refractivity contribution in [3.63, 3.8) is 0 Å². The van der Waals surface area contributed by atoms with Crippen LogP contribution in [0.5, 0.6) is 0 Å². The fourth-order valence-corrected chi connectivity index (χ4v) is 2.10. The standard InChI is InChI=1S/C9H13ClF2N2S/c1-7-13-8(6-15-7)4-14(3-2-10)5-9(11)12/h6,9H,2-5H2,1H3. The lowest BCUT2D eigenvalue weighted by Crippen LogP contribution is -2.30. The summed E-state index contributed by atoms with van der Waals surface area (Å²) in [5.41, 5.74) is 0.836.